The molecule has 1 saturated heterocycles. The van der Waals surface area contributed by atoms with Crippen LogP contribution in [-0.2, 0) is 4.74 Å². The Morgan fingerprint density at radius 1 is 1.15 bits per heavy atom. The van der Waals surface area contributed by atoms with E-state index in [4.69, 9.17) is 4.74 Å². The number of hydrogen-bond donors (Lipinski definition) is 0. The topological polar surface area (TPSA) is 12.5 Å². The number of rotatable bonds is 3. The fraction of sp³-hybridized carbons (Fsp3) is 1.00. The molecular weight excluding hydrogens is 162 g/mol. The number of methoxy groups -OCH3 is 1. The van der Waals surface area contributed by atoms with Gasteiger partial charge in [0, 0.05) is 13.7 Å². The van der Waals surface area contributed by atoms with Gasteiger partial charge in [0.05, 0.1) is 6.61 Å². The molecule has 1 rings (SSSR count). The van der Waals surface area contributed by atoms with Gasteiger partial charge >= 0.3 is 0 Å². The first-order valence-corrected chi connectivity index (χ1v) is 5.45. The van der Waals surface area contributed by atoms with E-state index in [9.17, 15) is 0 Å². The summed E-state index contributed by atoms with van der Waals surface area (Å²) in [5.41, 5.74) is 0. The molecule has 0 radical (unpaired) electrons. The van der Waals surface area contributed by atoms with Gasteiger partial charge in [-0.1, -0.05) is 13.8 Å². The van der Waals surface area contributed by atoms with E-state index >= 15 is 0 Å². The molecule has 2 nitrogen and oxygen atoms in total. The first-order chi connectivity index (χ1) is 6.24. The third-order valence-electron chi connectivity index (χ3n) is 3.38. The maximum atomic E-state index is 5.10. The van der Waals surface area contributed by atoms with Crippen LogP contribution in [0, 0.1) is 11.8 Å². The maximum absolute atomic E-state index is 5.10. The van der Waals surface area contributed by atoms with Crippen LogP contribution in [0.15, 0.2) is 0 Å². The smallest absolute Gasteiger partial charge is 0.0589 e. The molecule has 1 aliphatic heterocycles. The summed E-state index contributed by atoms with van der Waals surface area (Å²) in [5.74, 6) is 1.79. The molecule has 78 valence electrons. The molecule has 0 aromatic heterocycles. The number of likely N-dealkylation sites (tertiary alicyclic amines) is 1. The molecule has 0 saturated carbocycles. The van der Waals surface area contributed by atoms with Gasteiger partial charge in [-0.25, -0.2) is 0 Å². The average Bonchev–Trinajstić information content (AvgIpc) is 2.29. The normalized spacial score (nSPS) is 31.6. The highest BCUT2D eigenvalue weighted by atomic mass is 16.5. The summed E-state index contributed by atoms with van der Waals surface area (Å²) in [6.45, 7) is 9.26. The Kier molecular flexibility index (Phi) is 4.74. The molecule has 1 aliphatic rings. The summed E-state index contributed by atoms with van der Waals surface area (Å²) in [6, 6.07) is 0. The second-order valence-electron chi connectivity index (χ2n) is 4.37. The number of ether oxygens (including phenoxy) is 1. The van der Waals surface area contributed by atoms with Gasteiger partial charge in [-0.3, -0.25) is 0 Å². The van der Waals surface area contributed by atoms with Crippen LogP contribution in [0.2, 0.25) is 0 Å². The Bertz CT molecular complexity index is 126. The Hall–Kier alpha value is -0.0800. The molecule has 0 aromatic rings. The number of nitrogens with zero attached hydrogens (tertiary/aromatic N) is 1. The minimum absolute atomic E-state index is 0.878. The lowest BCUT2D eigenvalue weighted by Gasteiger charge is -2.18. The van der Waals surface area contributed by atoms with Gasteiger partial charge in [-0.05, 0) is 37.8 Å². The van der Waals surface area contributed by atoms with E-state index in [2.05, 4.69) is 18.7 Å². The van der Waals surface area contributed by atoms with Crippen molar-refractivity contribution in [1.29, 1.82) is 0 Å². The maximum Gasteiger partial charge on any atom is 0.0589 e. The molecular formula is C11H23NO. The summed E-state index contributed by atoms with van der Waals surface area (Å²) in [7, 11) is 1.78. The first-order valence-electron chi connectivity index (χ1n) is 5.45. The van der Waals surface area contributed by atoms with Crippen LogP contribution in [0.25, 0.3) is 0 Å². The molecule has 0 spiro atoms. The Morgan fingerprint density at radius 2 is 1.69 bits per heavy atom. The summed E-state index contributed by atoms with van der Waals surface area (Å²) in [4.78, 5) is 2.53. The van der Waals surface area contributed by atoms with Crippen LogP contribution < -0.4 is 0 Å². The van der Waals surface area contributed by atoms with Gasteiger partial charge in [-0.15, -0.1) is 0 Å². The van der Waals surface area contributed by atoms with Crippen molar-refractivity contribution < 1.29 is 4.74 Å². The minimum atomic E-state index is 0.878. The molecule has 2 atom stereocenters. The molecule has 1 fully saturated rings. The Balaban J connectivity index is 2.27. The summed E-state index contributed by atoms with van der Waals surface area (Å²) in [6.07, 6.45) is 2.70. The molecule has 0 bridgehead atoms. The van der Waals surface area contributed by atoms with Crippen LogP contribution in [0.4, 0.5) is 0 Å². The molecule has 2 unspecified atom stereocenters. The highest BCUT2D eigenvalue weighted by Crippen LogP contribution is 2.22. The van der Waals surface area contributed by atoms with Crippen molar-refractivity contribution >= 4 is 0 Å². The predicted octanol–water partition coefficient (Wildman–Crippen LogP) is 2.00. The quantitative estimate of drug-likeness (QED) is 0.667. The third-order valence-corrected chi connectivity index (χ3v) is 3.38. The summed E-state index contributed by atoms with van der Waals surface area (Å²) in [5, 5.41) is 0. The van der Waals surface area contributed by atoms with Crippen LogP contribution in [0.1, 0.15) is 26.7 Å². The fourth-order valence-corrected chi connectivity index (χ4v) is 1.90. The molecule has 0 N–H and O–H groups in total. The molecule has 0 amide bonds. The molecule has 0 aliphatic carbocycles. The highest BCUT2D eigenvalue weighted by Gasteiger charge is 2.19. The number of hydrogen-bond acceptors (Lipinski definition) is 2. The van der Waals surface area contributed by atoms with Crippen LogP contribution >= 0.6 is 0 Å². The van der Waals surface area contributed by atoms with Crippen LogP contribution in [-0.4, -0.2) is 38.3 Å². The second-order valence-corrected chi connectivity index (χ2v) is 4.37. The van der Waals surface area contributed by atoms with Gasteiger partial charge in [0.25, 0.3) is 0 Å². The van der Waals surface area contributed by atoms with Crippen LogP contribution in [0.3, 0.4) is 0 Å². The van der Waals surface area contributed by atoms with E-state index in [1.165, 1.54) is 25.9 Å². The van der Waals surface area contributed by atoms with E-state index in [0.29, 0.717) is 0 Å². The standard InChI is InChI=1S/C11H23NO/c1-10-4-6-12(8-9-13-3)7-5-11(10)2/h10-11H,4-9H2,1-3H3. The summed E-state index contributed by atoms with van der Waals surface area (Å²) < 4.78 is 5.10. The van der Waals surface area contributed by atoms with Gasteiger partial charge in [-0.2, -0.15) is 0 Å². The van der Waals surface area contributed by atoms with Crippen molar-refractivity contribution in [1.82, 2.24) is 4.90 Å². The van der Waals surface area contributed by atoms with Gasteiger partial charge < -0.3 is 9.64 Å². The van der Waals surface area contributed by atoms with Crippen molar-refractivity contribution in [2.45, 2.75) is 26.7 Å². The largest absolute Gasteiger partial charge is 0.383 e. The molecule has 0 aromatic carbocycles. The SMILES string of the molecule is COCCN1CCC(C)C(C)CC1. The zero-order chi connectivity index (χ0) is 9.68. The molecule has 13 heavy (non-hydrogen) atoms. The Morgan fingerprint density at radius 3 is 2.15 bits per heavy atom. The lowest BCUT2D eigenvalue weighted by molar-refractivity contribution is 0.149. The molecule has 1 heterocycles. The monoisotopic (exact) mass is 185 g/mol. The Labute approximate surface area is 82.3 Å². The fourth-order valence-electron chi connectivity index (χ4n) is 1.90. The zero-order valence-electron chi connectivity index (χ0n) is 9.25. The third kappa shape index (κ3) is 3.65. The van der Waals surface area contributed by atoms with Crippen molar-refractivity contribution in [3.05, 3.63) is 0 Å². The van der Waals surface area contributed by atoms with E-state index in [-0.39, 0.29) is 0 Å². The van der Waals surface area contributed by atoms with E-state index < -0.39 is 0 Å². The van der Waals surface area contributed by atoms with E-state index in [0.717, 1.165) is 25.0 Å². The van der Waals surface area contributed by atoms with Gasteiger partial charge in [0.1, 0.15) is 0 Å². The van der Waals surface area contributed by atoms with Gasteiger partial charge in [0.2, 0.25) is 0 Å². The van der Waals surface area contributed by atoms with Crippen LogP contribution in [0.5, 0.6) is 0 Å². The minimum Gasteiger partial charge on any atom is -0.383 e. The molecule has 2 heteroatoms. The summed E-state index contributed by atoms with van der Waals surface area (Å²) >= 11 is 0. The van der Waals surface area contributed by atoms with Gasteiger partial charge in [0.15, 0.2) is 0 Å². The van der Waals surface area contributed by atoms with E-state index in [1.54, 1.807) is 7.11 Å². The van der Waals surface area contributed by atoms with Crippen molar-refractivity contribution in [3.63, 3.8) is 0 Å². The second kappa shape index (κ2) is 5.61. The lowest BCUT2D eigenvalue weighted by Crippen LogP contribution is -2.28. The van der Waals surface area contributed by atoms with Crippen molar-refractivity contribution in [2.75, 3.05) is 33.4 Å². The first kappa shape index (κ1) is 11.0. The van der Waals surface area contributed by atoms with E-state index in [1.807, 2.05) is 0 Å². The zero-order valence-corrected chi connectivity index (χ0v) is 9.25. The van der Waals surface area contributed by atoms with Crippen molar-refractivity contribution in [3.8, 4) is 0 Å². The average molecular weight is 185 g/mol. The highest BCUT2D eigenvalue weighted by molar-refractivity contribution is 4.72. The lowest BCUT2D eigenvalue weighted by atomic mass is 9.92. The van der Waals surface area contributed by atoms with Crippen molar-refractivity contribution in [2.24, 2.45) is 11.8 Å². The predicted molar refractivity (Wildman–Crippen MR) is 55.9 cm³/mol.